The van der Waals surface area contributed by atoms with Crippen LogP contribution in [0.2, 0.25) is 0 Å². The van der Waals surface area contributed by atoms with Gasteiger partial charge in [0, 0.05) is 29.8 Å². The van der Waals surface area contributed by atoms with Crippen LogP contribution in [0.3, 0.4) is 0 Å². The molecule has 0 saturated carbocycles. The zero-order valence-corrected chi connectivity index (χ0v) is 13.9. The summed E-state index contributed by atoms with van der Waals surface area (Å²) in [5, 5.41) is 7.24. The van der Waals surface area contributed by atoms with E-state index in [0.717, 1.165) is 23.5 Å². The Morgan fingerprint density at radius 3 is 2.92 bits per heavy atom. The number of imidazole rings is 1. The van der Waals surface area contributed by atoms with Crippen LogP contribution in [-0.2, 0) is 6.54 Å². The first-order valence-corrected chi connectivity index (χ1v) is 8.04. The van der Waals surface area contributed by atoms with E-state index in [1.807, 2.05) is 55.1 Å². The van der Waals surface area contributed by atoms with Crippen LogP contribution in [0.15, 0.2) is 48.9 Å². The summed E-state index contributed by atoms with van der Waals surface area (Å²) in [5.41, 5.74) is 2.66. The molecule has 2 heterocycles. The van der Waals surface area contributed by atoms with E-state index in [1.165, 1.54) is 0 Å². The van der Waals surface area contributed by atoms with Crippen LogP contribution in [0.1, 0.15) is 46.8 Å². The molecule has 0 aliphatic rings. The third kappa shape index (κ3) is 3.71. The molecule has 3 rings (SSSR count). The molecule has 0 spiro atoms. The summed E-state index contributed by atoms with van der Waals surface area (Å²) in [5.74, 6) is 0.689. The number of hydrogen-bond acceptors (Lipinski definition) is 3. The van der Waals surface area contributed by atoms with Gasteiger partial charge in [0.15, 0.2) is 0 Å². The average molecular weight is 323 g/mol. The summed E-state index contributed by atoms with van der Waals surface area (Å²) in [7, 11) is 0. The molecule has 124 valence electrons. The predicted octanol–water partition coefficient (Wildman–Crippen LogP) is 2.84. The van der Waals surface area contributed by atoms with Crippen molar-refractivity contribution in [2.24, 2.45) is 0 Å². The van der Waals surface area contributed by atoms with Gasteiger partial charge in [0.2, 0.25) is 0 Å². The molecule has 1 amide bonds. The monoisotopic (exact) mass is 323 g/mol. The van der Waals surface area contributed by atoms with Gasteiger partial charge in [-0.05, 0) is 37.1 Å². The Hall–Kier alpha value is -2.89. The van der Waals surface area contributed by atoms with Crippen molar-refractivity contribution < 1.29 is 4.79 Å². The van der Waals surface area contributed by atoms with E-state index in [9.17, 15) is 4.79 Å². The number of H-pyrrole nitrogens is 1. The summed E-state index contributed by atoms with van der Waals surface area (Å²) < 4.78 is 1.83. The lowest BCUT2D eigenvalue weighted by Crippen LogP contribution is -2.29. The topological polar surface area (TPSA) is 75.6 Å². The van der Waals surface area contributed by atoms with Crippen molar-refractivity contribution in [1.29, 1.82) is 0 Å². The summed E-state index contributed by atoms with van der Waals surface area (Å²) in [4.78, 5) is 20.1. The van der Waals surface area contributed by atoms with Crippen molar-refractivity contribution in [2.45, 2.75) is 32.9 Å². The number of aryl methyl sites for hydroxylation is 1. The molecule has 0 radical (unpaired) electrons. The Kier molecular flexibility index (Phi) is 4.74. The number of hydrogen-bond donors (Lipinski definition) is 2. The highest BCUT2D eigenvalue weighted by molar-refractivity contribution is 5.94. The summed E-state index contributed by atoms with van der Waals surface area (Å²) >= 11 is 0. The maximum Gasteiger partial charge on any atom is 0.251 e. The molecular formula is C18H21N5O. The molecule has 2 N–H and O–H groups in total. The Labute approximate surface area is 140 Å². The predicted molar refractivity (Wildman–Crippen MR) is 91.6 cm³/mol. The number of amides is 1. The first kappa shape index (κ1) is 16.0. The van der Waals surface area contributed by atoms with Gasteiger partial charge in [-0.15, -0.1) is 0 Å². The van der Waals surface area contributed by atoms with Crippen LogP contribution in [0, 0.1) is 6.92 Å². The van der Waals surface area contributed by atoms with E-state index >= 15 is 0 Å². The number of carbonyl (C=O) groups excluding carboxylic acids is 1. The van der Waals surface area contributed by atoms with Crippen LogP contribution in [0.5, 0.6) is 0 Å². The molecule has 0 bridgehead atoms. The quantitative estimate of drug-likeness (QED) is 0.732. The van der Waals surface area contributed by atoms with Gasteiger partial charge in [0.25, 0.3) is 5.91 Å². The lowest BCUT2D eigenvalue weighted by molar-refractivity contribution is 0.0933. The number of carbonyl (C=O) groups is 1. The number of aromatic nitrogens is 4. The fraction of sp³-hybridized carbons (Fsp3) is 0.278. The normalized spacial score (nSPS) is 12.1. The summed E-state index contributed by atoms with van der Waals surface area (Å²) in [6.07, 6.45) is 6.19. The maximum absolute atomic E-state index is 12.6. The van der Waals surface area contributed by atoms with Gasteiger partial charge in [0.05, 0.1) is 12.6 Å². The Bertz CT molecular complexity index is 806. The van der Waals surface area contributed by atoms with E-state index in [1.54, 1.807) is 12.4 Å². The average Bonchev–Trinajstić information content (AvgIpc) is 3.24. The lowest BCUT2D eigenvalue weighted by Gasteiger charge is -2.15. The molecule has 0 saturated heterocycles. The minimum atomic E-state index is -0.124. The number of aromatic amines is 1. The van der Waals surface area contributed by atoms with Crippen LogP contribution in [0.4, 0.5) is 0 Å². The van der Waals surface area contributed by atoms with Crippen LogP contribution in [0.25, 0.3) is 0 Å². The Morgan fingerprint density at radius 1 is 1.38 bits per heavy atom. The molecule has 1 atom stereocenters. The minimum Gasteiger partial charge on any atom is -0.344 e. The van der Waals surface area contributed by atoms with Crippen molar-refractivity contribution >= 4 is 5.91 Å². The standard InChI is InChI=1S/C18H21N5O/c1-3-16(17-19-11-13(2)21-17)22-18(24)15-7-4-6-14(10-15)12-23-9-5-8-20-23/h4-11,16H,3,12H2,1-2H3,(H,19,21)(H,22,24)/t16-/m0/s1. The Balaban J connectivity index is 1.72. The minimum absolute atomic E-state index is 0.0989. The van der Waals surface area contributed by atoms with E-state index in [4.69, 9.17) is 0 Å². The first-order valence-electron chi connectivity index (χ1n) is 8.04. The third-order valence-electron chi connectivity index (χ3n) is 3.86. The second-order valence-corrected chi connectivity index (χ2v) is 5.79. The maximum atomic E-state index is 12.6. The second-order valence-electron chi connectivity index (χ2n) is 5.79. The third-order valence-corrected chi connectivity index (χ3v) is 3.86. The molecule has 24 heavy (non-hydrogen) atoms. The fourth-order valence-electron chi connectivity index (χ4n) is 2.61. The number of nitrogens with zero attached hydrogens (tertiary/aromatic N) is 3. The van der Waals surface area contributed by atoms with Crippen LogP contribution in [-0.4, -0.2) is 25.7 Å². The molecule has 3 aromatic rings. The zero-order valence-electron chi connectivity index (χ0n) is 13.9. The van der Waals surface area contributed by atoms with Gasteiger partial charge in [-0.2, -0.15) is 5.10 Å². The summed E-state index contributed by atoms with van der Waals surface area (Å²) in [6, 6.07) is 9.37. The van der Waals surface area contributed by atoms with E-state index in [2.05, 4.69) is 20.4 Å². The van der Waals surface area contributed by atoms with Crippen molar-refractivity contribution in [3.8, 4) is 0 Å². The largest absolute Gasteiger partial charge is 0.344 e. The number of rotatable bonds is 6. The van der Waals surface area contributed by atoms with Crippen molar-refractivity contribution in [3.63, 3.8) is 0 Å². The van der Waals surface area contributed by atoms with Crippen LogP contribution >= 0.6 is 0 Å². The number of benzene rings is 1. The smallest absolute Gasteiger partial charge is 0.251 e. The van der Waals surface area contributed by atoms with Gasteiger partial charge in [-0.3, -0.25) is 9.48 Å². The van der Waals surface area contributed by atoms with Gasteiger partial charge >= 0.3 is 0 Å². The van der Waals surface area contributed by atoms with Gasteiger partial charge in [-0.1, -0.05) is 19.1 Å². The Morgan fingerprint density at radius 2 is 2.25 bits per heavy atom. The lowest BCUT2D eigenvalue weighted by atomic mass is 10.1. The summed E-state index contributed by atoms with van der Waals surface area (Å²) in [6.45, 7) is 4.61. The molecule has 0 unspecified atom stereocenters. The van der Waals surface area contributed by atoms with Gasteiger partial charge in [0.1, 0.15) is 5.82 Å². The fourth-order valence-corrected chi connectivity index (χ4v) is 2.61. The van der Waals surface area contributed by atoms with Gasteiger partial charge < -0.3 is 10.3 Å². The molecule has 2 aromatic heterocycles. The molecule has 0 fully saturated rings. The number of nitrogens with one attached hydrogen (secondary N) is 2. The highest BCUT2D eigenvalue weighted by Gasteiger charge is 2.16. The van der Waals surface area contributed by atoms with E-state index in [-0.39, 0.29) is 11.9 Å². The highest BCUT2D eigenvalue weighted by atomic mass is 16.1. The van der Waals surface area contributed by atoms with Crippen molar-refractivity contribution in [3.05, 3.63) is 71.6 Å². The van der Waals surface area contributed by atoms with Gasteiger partial charge in [-0.25, -0.2) is 4.98 Å². The highest BCUT2D eigenvalue weighted by Crippen LogP contribution is 2.15. The molecule has 0 aliphatic carbocycles. The molecule has 6 nitrogen and oxygen atoms in total. The molecule has 1 aromatic carbocycles. The van der Waals surface area contributed by atoms with Crippen molar-refractivity contribution in [1.82, 2.24) is 25.1 Å². The molecule has 0 aliphatic heterocycles. The van der Waals surface area contributed by atoms with E-state index in [0.29, 0.717) is 12.1 Å². The molecule has 6 heteroatoms. The van der Waals surface area contributed by atoms with Crippen molar-refractivity contribution in [2.75, 3.05) is 0 Å². The first-order chi connectivity index (χ1) is 11.7. The van der Waals surface area contributed by atoms with Crippen LogP contribution < -0.4 is 5.32 Å². The van der Waals surface area contributed by atoms with E-state index < -0.39 is 0 Å². The SMILES string of the molecule is CC[C@H](NC(=O)c1cccc(Cn2cccn2)c1)c1ncc(C)[nH]1. The zero-order chi connectivity index (χ0) is 16.9. The molecular weight excluding hydrogens is 302 g/mol. The second kappa shape index (κ2) is 7.12.